The van der Waals surface area contributed by atoms with E-state index in [0.29, 0.717) is 22.6 Å². The molecule has 39 heavy (non-hydrogen) atoms. The Kier molecular flexibility index (Phi) is 5.56. The number of nitrogens with zero attached hydrogens (tertiary/aromatic N) is 2. The highest BCUT2D eigenvalue weighted by Crippen LogP contribution is 2.63. The summed E-state index contributed by atoms with van der Waals surface area (Å²) in [6.45, 7) is 9.35. The molecule has 2 aliphatic rings. The van der Waals surface area contributed by atoms with Crippen LogP contribution in [0.5, 0.6) is 23.0 Å². The van der Waals surface area contributed by atoms with Crippen LogP contribution in [0, 0.1) is 22.7 Å². The molecule has 1 spiro atoms. The third-order valence-electron chi connectivity index (χ3n) is 8.40. The van der Waals surface area contributed by atoms with Gasteiger partial charge in [-0.3, -0.25) is 0 Å². The van der Waals surface area contributed by atoms with Crippen LogP contribution in [-0.4, -0.2) is 0 Å². The number of rotatable bonds is 4. The van der Waals surface area contributed by atoms with Crippen LogP contribution in [0.25, 0.3) is 0 Å². The Bertz CT molecular complexity index is 1540. The van der Waals surface area contributed by atoms with Crippen LogP contribution in [0.15, 0.2) is 84.9 Å². The minimum Gasteiger partial charge on any atom is -0.457 e. The van der Waals surface area contributed by atoms with Crippen LogP contribution < -0.4 is 9.47 Å². The van der Waals surface area contributed by atoms with Gasteiger partial charge in [0, 0.05) is 5.41 Å². The molecule has 4 aromatic rings. The minimum atomic E-state index is -0.161. The van der Waals surface area contributed by atoms with Crippen molar-refractivity contribution in [3.8, 4) is 35.1 Å². The highest BCUT2D eigenvalue weighted by atomic mass is 16.5. The maximum atomic E-state index is 9.13. The van der Waals surface area contributed by atoms with E-state index in [2.05, 4.69) is 76.2 Å². The average molecular weight is 511 g/mol. The van der Waals surface area contributed by atoms with E-state index in [1.54, 1.807) is 24.3 Å². The molecule has 0 saturated carbocycles. The number of fused-ring (bicyclic) bond motifs is 4. The molecule has 0 aromatic heterocycles. The fourth-order valence-corrected chi connectivity index (χ4v) is 6.90. The highest BCUT2D eigenvalue weighted by Gasteiger charge is 2.56. The largest absolute Gasteiger partial charge is 0.457 e. The average Bonchev–Trinajstić information content (AvgIpc) is 3.28. The topological polar surface area (TPSA) is 66.0 Å². The molecule has 0 N–H and O–H groups in total. The first kappa shape index (κ1) is 24.8. The van der Waals surface area contributed by atoms with E-state index in [9.17, 15) is 0 Å². The molecule has 0 unspecified atom stereocenters. The number of hydrogen-bond acceptors (Lipinski definition) is 4. The molecule has 0 bridgehead atoms. The second-order valence-electron chi connectivity index (χ2n) is 12.1. The van der Waals surface area contributed by atoms with Gasteiger partial charge in [0.15, 0.2) is 0 Å². The second-order valence-corrected chi connectivity index (χ2v) is 12.1. The monoisotopic (exact) mass is 510 g/mol. The molecule has 0 amide bonds. The van der Waals surface area contributed by atoms with E-state index in [1.165, 1.54) is 22.3 Å². The van der Waals surface area contributed by atoms with Gasteiger partial charge < -0.3 is 9.47 Å². The van der Waals surface area contributed by atoms with Gasteiger partial charge in [0.05, 0.1) is 23.3 Å². The van der Waals surface area contributed by atoms with Crippen molar-refractivity contribution in [1.29, 1.82) is 10.5 Å². The molecule has 6 rings (SSSR count). The van der Waals surface area contributed by atoms with Gasteiger partial charge in [-0.15, -0.1) is 0 Å². The fraction of sp³-hybridized carbons (Fsp3) is 0.257. The third kappa shape index (κ3) is 4.14. The Balaban J connectivity index is 1.42. The van der Waals surface area contributed by atoms with Gasteiger partial charge in [-0.1, -0.05) is 39.8 Å². The molecular formula is C35H30N2O2. The summed E-state index contributed by atoms with van der Waals surface area (Å²) in [6, 6.07) is 31.8. The predicted octanol–water partition coefficient (Wildman–Crippen LogP) is 8.66. The highest BCUT2D eigenvalue weighted by molar-refractivity contribution is 5.62. The summed E-state index contributed by atoms with van der Waals surface area (Å²) < 4.78 is 12.6. The van der Waals surface area contributed by atoms with Crippen LogP contribution in [0.2, 0.25) is 0 Å². The summed E-state index contributed by atoms with van der Waals surface area (Å²) in [7, 11) is 0. The van der Waals surface area contributed by atoms with Crippen molar-refractivity contribution in [2.24, 2.45) is 0 Å². The molecule has 0 aliphatic heterocycles. The van der Waals surface area contributed by atoms with Crippen LogP contribution in [0.3, 0.4) is 0 Å². The van der Waals surface area contributed by atoms with Gasteiger partial charge in [0.1, 0.15) is 23.0 Å². The Morgan fingerprint density at radius 2 is 0.872 bits per heavy atom. The first-order valence-corrected chi connectivity index (χ1v) is 13.3. The van der Waals surface area contributed by atoms with Crippen molar-refractivity contribution in [1.82, 2.24) is 0 Å². The summed E-state index contributed by atoms with van der Waals surface area (Å²) in [6.07, 6.45) is 2.01. The molecule has 4 aromatic carbocycles. The zero-order valence-corrected chi connectivity index (χ0v) is 22.7. The zero-order valence-electron chi connectivity index (χ0n) is 22.7. The molecular weight excluding hydrogens is 480 g/mol. The minimum absolute atomic E-state index is 0.00395. The molecule has 192 valence electrons. The SMILES string of the molecule is CC1(C)CC2(CC(C)(C)c3ccc(Oc4ccc(C#N)cc4)cc32)c2cc(Oc3ccc(C#N)cc3)ccc21. The first-order chi connectivity index (χ1) is 18.6. The number of hydrogen-bond donors (Lipinski definition) is 0. The Morgan fingerprint density at radius 1 is 0.513 bits per heavy atom. The predicted molar refractivity (Wildman–Crippen MR) is 151 cm³/mol. The van der Waals surface area contributed by atoms with Crippen molar-refractivity contribution in [3.05, 3.63) is 118 Å². The van der Waals surface area contributed by atoms with E-state index in [0.717, 1.165) is 24.3 Å². The maximum Gasteiger partial charge on any atom is 0.127 e. The Labute approximate surface area is 230 Å². The van der Waals surface area contributed by atoms with Gasteiger partial charge in [-0.2, -0.15) is 10.5 Å². The second kappa shape index (κ2) is 8.75. The van der Waals surface area contributed by atoms with Crippen molar-refractivity contribution < 1.29 is 9.47 Å². The smallest absolute Gasteiger partial charge is 0.127 e. The summed E-state index contributed by atoms with van der Waals surface area (Å²) in [5.74, 6) is 3.02. The summed E-state index contributed by atoms with van der Waals surface area (Å²) in [5.41, 5.74) is 6.43. The number of ether oxygens (including phenoxy) is 2. The van der Waals surface area contributed by atoms with Gasteiger partial charge in [-0.25, -0.2) is 0 Å². The number of benzene rings is 4. The van der Waals surface area contributed by atoms with Gasteiger partial charge >= 0.3 is 0 Å². The molecule has 4 heteroatoms. The molecule has 4 nitrogen and oxygen atoms in total. The fourth-order valence-electron chi connectivity index (χ4n) is 6.90. The van der Waals surface area contributed by atoms with Gasteiger partial charge in [0.25, 0.3) is 0 Å². The molecule has 0 saturated heterocycles. The summed E-state index contributed by atoms with van der Waals surface area (Å²) in [4.78, 5) is 0. The van der Waals surface area contributed by atoms with E-state index >= 15 is 0 Å². The zero-order chi connectivity index (χ0) is 27.4. The third-order valence-corrected chi connectivity index (χ3v) is 8.40. The first-order valence-electron chi connectivity index (χ1n) is 13.3. The quantitative estimate of drug-likeness (QED) is 0.275. The maximum absolute atomic E-state index is 9.13. The van der Waals surface area contributed by atoms with Crippen LogP contribution in [0.1, 0.15) is 73.9 Å². The van der Waals surface area contributed by atoms with Crippen molar-refractivity contribution in [2.45, 2.75) is 56.8 Å². The summed E-state index contributed by atoms with van der Waals surface area (Å²) >= 11 is 0. The van der Waals surface area contributed by atoms with Gasteiger partial charge in [-0.05, 0) is 119 Å². The Morgan fingerprint density at radius 3 is 1.23 bits per heavy atom. The van der Waals surface area contributed by atoms with Crippen molar-refractivity contribution >= 4 is 0 Å². The number of nitriles is 2. The van der Waals surface area contributed by atoms with Gasteiger partial charge in [0.2, 0.25) is 0 Å². The van der Waals surface area contributed by atoms with Crippen LogP contribution in [0.4, 0.5) is 0 Å². The lowest BCUT2D eigenvalue weighted by molar-refractivity contribution is 0.349. The standard InChI is InChI=1S/C35H30N2O2/c1-33(2)21-35(31-17-27(13-15-29(31)33)38-25-9-5-23(19-36)6-10-25)22-34(3,4)30-16-14-28(18-32(30)35)39-26-11-7-24(20-37)8-12-26/h5-18H,21-22H2,1-4H3. The molecule has 0 heterocycles. The Hall–Kier alpha value is -4.54. The molecule has 0 atom stereocenters. The molecule has 0 radical (unpaired) electrons. The van der Waals surface area contributed by atoms with Crippen LogP contribution in [-0.2, 0) is 16.2 Å². The van der Waals surface area contributed by atoms with E-state index in [4.69, 9.17) is 20.0 Å². The normalized spacial score (nSPS) is 17.1. The lowest BCUT2D eigenvalue weighted by Gasteiger charge is -2.30. The molecule has 0 fully saturated rings. The van der Waals surface area contributed by atoms with Crippen molar-refractivity contribution in [3.63, 3.8) is 0 Å². The van der Waals surface area contributed by atoms with Crippen LogP contribution >= 0.6 is 0 Å². The van der Waals surface area contributed by atoms with E-state index in [1.807, 2.05) is 24.3 Å². The van der Waals surface area contributed by atoms with E-state index in [-0.39, 0.29) is 16.2 Å². The summed E-state index contributed by atoms with van der Waals surface area (Å²) in [5, 5.41) is 18.3. The molecule has 2 aliphatic carbocycles. The lowest BCUT2D eigenvalue weighted by Crippen LogP contribution is -2.27. The lowest BCUT2D eigenvalue weighted by atomic mass is 9.72. The van der Waals surface area contributed by atoms with E-state index < -0.39 is 0 Å². The van der Waals surface area contributed by atoms with Crippen molar-refractivity contribution in [2.75, 3.05) is 0 Å².